The van der Waals surface area contributed by atoms with Gasteiger partial charge in [0.25, 0.3) is 5.91 Å². The minimum absolute atomic E-state index is 0.0845. The van der Waals surface area contributed by atoms with E-state index in [9.17, 15) is 14.7 Å². The summed E-state index contributed by atoms with van der Waals surface area (Å²) in [6.07, 6.45) is 0. The Morgan fingerprint density at radius 1 is 0.870 bits per heavy atom. The molecular formula is C18H13NO3S. The van der Waals surface area contributed by atoms with E-state index in [2.05, 4.69) is 0 Å². The third kappa shape index (κ3) is 3.00. The van der Waals surface area contributed by atoms with E-state index in [0.717, 1.165) is 0 Å². The van der Waals surface area contributed by atoms with Crippen molar-refractivity contribution in [2.75, 3.05) is 4.90 Å². The molecule has 0 aliphatic heterocycles. The number of amides is 1. The number of carbonyl (C=O) groups excluding carboxylic acids is 1. The van der Waals surface area contributed by atoms with Gasteiger partial charge in [0.05, 0.1) is 16.1 Å². The van der Waals surface area contributed by atoms with E-state index in [1.54, 1.807) is 42.5 Å². The lowest BCUT2D eigenvalue weighted by Gasteiger charge is -2.24. The van der Waals surface area contributed by atoms with Gasteiger partial charge in [0.1, 0.15) is 0 Å². The molecule has 2 aromatic carbocycles. The van der Waals surface area contributed by atoms with Gasteiger partial charge in [-0.25, -0.2) is 4.79 Å². The highest BCUT2D eigenvalue weighted by molar-refractivity contribution is 7.12. The number of hydrogen-bond acceptors (Lipinski definition) is 3. The largest absolute Gasteiger partial charge is 0.478 e. The highest BCUT2D eigenvalue weighted by atomic mass is 32.1. The molecule has 0 aliphatic rings. The highest BCUT2D eigenvalue weighted by Gasteiger charge is 2.24. The van der Waals surface area contributed by atoms with Crippen LogP contribution in [0.4, 0.5) is 11.4 Å². The maximum Gasteiger partial charge on any atom is 0.337 e. The van der Waals surface area contributed by atoms with E-state index < -0.39 is 5.97 Å². The van der Waals surface area contributed by atoms with Crippen LogP contribution in [0.2, 0.25) is 0 Å². The average Bonchev–Trinajstić information content (AvgIpc) is 3.11. The zero-order chi connectivity index (χ0) is 16.2. The van der Waals surface area contributed by atoms with Gasteiger partial charge in [0.2, 0.25) is 0 Å². The number of carboxylic acid groups (broad SMARTS) is 1. The second kappa shape index (κ2) is 6.46. The summed E-state index contributed by atoms with van der Waals surface area (Å²) in [5.41, 5.74) is 1.06. The smallest absolute Gasteiger partial charge is 0.337 e. The van der Waals surface area contributed by atoms with Gasteiger partial charge in [-0.15, -0.1) is 11.3 Å². The summed E-state index contributed by atoms with van der Waals surface area (Å²) in [6.45, 7) is 0. The first-order valence-electron chi connectivity index (χ1n) is 6.94. The molecular weight excluding hydrogens is 310 g/mol. The first kappa shape index (κ1) is 15.0. The van der Waals surface area contributed by atoms with Gasteiger partial charge in [-0.2, -0.15) is 0 Å². The summed E-state index contributed by atoms with van der Waals surface area (Å²) >= 11 is 1.32. The molecule has 23 heavy (non-hydrogen) atoms. The van der Waals surface area contributed by atoms with Crippen LogP contribution in [0.1, 0.15) is 20.0 Å². The van der Waals surface area contributed by atoms with Gasteiger partial charge in [-0.3, -0.25) is 9.69 Å². The Kier molecular flexibility index (Phi) is 4.21. The molecule has 114 valence electrons. The number of carbonyl (C=O) groups is 2. The van der Waals surface area contributed by atoms with Crippen LogP contribution >= 0.6 is 11.3 Å². The Hall–Kier alpha value is -2.92. The van der Waals surface area contributed by atoms with Crippen LogP contribution < -0.4 is 4.90 Å². The van der Waals surface area contributed by atoms with Gasteiger partial charge < -0.3 is 5.11 Å². The molecule has 0 radical (unpaired) electrons. The lowest BCUT2D eigenvalue weighted by molar-refractivity contribution is 0.0698. The van der Waals surface area contributed by atoms with Gasteiger partial charge in [0.15, 0.2) is 0 Å². The standard InChI is InChI=1S/C18H13NO3S/c20-17(16-11-6-12-23-16)19(13-7-2-1-3-8-13)15-10-5-4-9-14(15)18(21)22/h1-12H,(H,21,22). The fourth-order valence-electron chi connectivity index (χ4n) is 2.30. The fraction of sp³-hybridized carbons (Fsp3) is 0. The van der Waals surface area contributed by atoms with Gasteiger partial charge in [-0.05, 0) is 35.7 Å². The quantitative estimate of drug-likeness (QED) is 0.773. The van der Waals surface area contributed by atoms with Crippen molar-refractivity contribution < 1.29 is 14.7 Å². The van der Waals surface area contributed by atoms with Crippen LogP contribution in [0.5, 0.6) is 0 Å². The minimum atomic E-state index is -1.07. The first-order valence-corrected chi connectivity index (χ1v) is 7.82. The van der Waals surface area contributed by atoms with E-state index in [4.69, 9.17) is 0 Å². The minimum Gasteiger partial charge on any atom is -0.478 e. The van der Waals surface area contributed by atoms with Gasteiger partial charge in [-0.1, -0.05) is 36.4 Å². The molecule has 0 saturated carbocycles. The van der Waals surface area contributed by atoms with E-state index >= 15 is 0 Å². The van der Waals surface area contributed by atoms with Crippen molar-refractivity contribution in [1.82, 2.24) is 0 Å². The van der Waals surface area contributed by atoms with Crippen LogP contribution in [0.25, 0.3) is 0 Å². The lowest BCUT2D eigenvalue weighted by Crippen LogP contribution is -2.26. The number of thiophene rings is 1. The van der Waals surface area contributed by atoms with Crippen LogP contribution in [0.3, 0.4) is 0 Å². The molecule has 4 nitrogen and oxygen atoms in total. The molecule has 0 atom stereocenters. The van der Waals surface area contributed by atoms with Crippen molar-refractivity contribution in [3.05, 3.63) is 82.6 Å². The number of para-hydroxylation sites is 2. The van der Waals surface area contributed by atoms with Crippen molar-refractivity contribution in [2.24, 2.45) is 0 Å². The predicted molar refractivity (Wildman–Crippen MR) is 90.6 cm³/mol. The number of benzene rings is 2. The third-order valence-corrected chi connectivity index (χ3v) is 4.18. The van der Waals surface area contributed by atoms with E-state index in [1.807, 2.05) is 23.6 Å². The normalized spacial score (nSPS) is 10.3. The molecule has 0 spiro atoms. The Bertz CT molecular complexity index is 828. The van der Waals surface area contributed by atoms with Crippen molar-refractivity contribution in [1.29, 1.82) is 0 Å². The molecule has 0 bridgehead atoms. The number of carboxylic acids is 1. The van der Waals surface area contributed by atoms with Crippen molar-refractivity contribution in [2.45, 2.75) is 0 Å². The lowest BCUT2D eigenvalue weighted by atomic mass is 10.1. The van der Waals surface area contributed by atoms with Crippen LogP contribution in [-0.2, 0) is 0 Å². The Morgan fingerprint density at radius 2 is 1.57 bits per heavy atom. The zero-order valence-corrected chi connectivity index (χ0v) is 12.9. The SMILES string of the molecule is O=C(O)c1ccccc1N(C(=O)c1cccs1)c1ccccc1. The van der Waals surface area contributed by atoms with Crippen LogP contribution in [0.15, 0.2) is 72.1 Å². The third-order valence-electron chi connectivity index (χ3n) is 3.32. The predicted octanol–water partition coefficient (Wildman–Crippen LogP) is 4.42. The topological polar surface area (TPSA) is 57.6 Å². The summed E-state index contributed by atoms with van der Waals surface area (Å²) < 4.78 is 0. The Labute approximate surface area is 137 Å². The first-order chi connectivity index (χ1) is 11.2. The maximum absolute atomic E-state index is 12.9. The molecule has 0 unspecified atom stereocenters. The molecule has 1 aromatic heterocycles. The highest BCUT2D eigenvalue weighted by Crippen LogP contribution is 2.31. The Balaban J connectivity index is 2.17. The fourth-order valence-corrected chi connectivity index (χ4v) is 2.96. The summed E-state index contributed by atoms with van der Waals surface area (Å²) in [4.78, 5) is 26.4. The Morgan fingerprint density at radius 3 is 2.22 bits per heavy atom. The molecule has 0 fully saturated rings. The molecule has 0 saturated heterocycles. The van der Waals surface area contributed by atoms with Crippen LogP contribution in [-0.4, -0.2) is 17.0 Å². The monoisotopic (exact) mass is 323 g/mol. The molecule has 3 aromatic rings. The van der Waals surface area contributed by atoms with Crippen LogP contribution in [0, 0.1) is 0 Å². The van der Waals surface area contributed by atoms with E-state index in [-0.39, 0.29) is 11.5 Å². The molecule has 0 aliphatic carbocycles. The average molecular weight is 323 g/mol. The van der Waals surface area contributed by atoms with Crippen molar-refractivity contribution in [3.8, 4) is 0 Å². The number of rotatable bonds is 4. The summed E-state index contributed by atoms with van der Waals surface area (Å²) in [6, 6.07) is 19.1. The summed E-state index contributed by atoms with van der Waals surface area (Å²) in [5.74, 6) is -1.32. The molecule has 3 rings (SSSR count). The van der Waals surface area contributed by atoms with Gasteiger partial charge in [0, 0.05) is 5.69 Å². The zero-order valence-electron chi connectivity index (χ0n) is 12.0. The van der Waals surface area contributed by atoms with Crippen molar-refractivity contribution in [3.63, 3.8) is 0 Å². The van der Waals surface area contributed by atoms with Gasteiger partial charge >= 0.3 is 5.97 Å². The van der Waals surface area contributed by atoms with E-state index in [1.165, 1.54) is 22.3 Å². The molecule has 5 heteroatoms. The van der Waals surface area contributed by atoms with E-state index in [0.29, 0.717) is 16.3 Å². The molecule has 1 heterocycles. The number of nitrogens with zero attached hydrogens (tertiary/aromatic N) is 1. The molecule has 1 N–H and O–H groups in total. The number of aromatic carboxylic acids is 1. The molecule has 1 amide bonds. The maximum atomic E-state index is 12.9. The number of hydrogen-bond donors (Lipinski definition) is 1. The second-order valence-corrected chi connectivity index (χ2v) is 5.72. The van der Waals surface area contributed by atoms with Crippen molar-refractivity contribution >= 4 is 34.6 Å². The summed E-state index contributed by atoms with van der Waals surface area (Å²) in [7, 11) is 0. The summed E-state index contributed by atoms with van der Waals surface area (Å²) in [5, 5.41) is 11.3. The second-order valence-electron chi connectivity index (χ2n) is 4.78. The number of anilines is 2.